The molecule has 2 N–H and O–H groups in total. The van der Waals surface area contributed by atoms with Gasteiger partial charge in [-0.2, -0.15) is 0 Å². The van der Waals surface area contributed by atoms with Crippen LogP contribution in [-0.4, -0.2) is 51.5 Å². The number of benzene rings is 4. The van der Waals surface area contributed by atoms with Gasteiger partial charge in [0.05, 0.1) is 21.3 Å². The Bertz CT molecular complexity index is 1700. The first kappa shape index (κ1) is 28.4. The van der Waals surface area contributed by atoms with Gasteiger partial charge in [-0.05, 0) is 110 Å². The molecule has 4 aromatic rings. The van der Waals surface area contributed by atoms with E-state index in [0.29, 0.717) is 40.9 Å². The van der Waals surface area contributed by atoms with E-state index in [-0.39, 0.29) is 17.8 Å². The number of rotatable bonds is 3. The minimum absolute atomic E-state index is 0.00474. The van der Waals surface area contributed by atoms with Crippen molar-refractivity contribution in [3.63, 3.8) is 0 Å². The number of nitrogens with zero attached hydrogens (tertiary/aromatic N) is 1. The van der Waals surface area contributed by atoms with Crippen LogP contribution in [0.4, 0.5) is 0 Å². The van der Waals surface area contributed by atoms with Gasteiger partial charge in [-0.25, -0.2) is 0 Å². The molecule has 4 aliphatic rings. The van der Waals surface area contributed by atoms with Crippen molar-refractivity contribution in [3.05, 3.63) is 94.0 Å². The normalized spacial score (nSPS) is 19.1. The van der Waals surface area contributed by atoms with Crippen molar-refractivity contribution < 1.29 is 28.8 Å². The first-order chi connectivity index (χ1) is 21.4. The molecule has 44 heavy (non-hydrogen) atoms. The topological polar surface area (TPSA) is 81.7 Å². The molecule has 0 spiro atoms. The summed E-state index contributed by atoms with van der Waals surface area (Å²) < 4.78 is 30.3. The van der Waals surface area contributed by atoms with Gasteiger partial charge in [0.15, 0.2) is 34.5 Å². The molecule has 8 rings (SSSR count). The molecular formula is C36H38N2O6. The molecular weight excluding hydrogens is 556 g/mol. The highest BCUT2D eigenvalue weighted by molar-refractivity contribution is 5.62. The average Bonchev–Trinajstić information content (AvgIpc) is 3.04. The fourth-order valence-corrected chi connectivity index (χ4v) is 6.84. The zero-order valence-electron chi connectivity index (χ0n) is 25.6. The van der Waals surface area contributed by atoms with Crippen molar-refractivity contribution in [1.82, 2.24) is 10.2 Å². The second-order valence-electron chi connectivity index (χ2n) is 11.8. The summed E-state index contributed by atoms with van der Waals surface area (Å²) in [7, 11) is 7.02. The van der Waals surface area contributed by atoms with E-state index in [9.17, 15) is 5.11 Å². The Morgan fingerprint density at radius 2 is 1.52 bits per heavy atom. The zero-order valence-corrected chi connectivity index (χ0v) is 25.6. The summed E-state index contributed by atoms with van der Waals surface area (Å²) in [6, 6.07) is 20.6. The molecule has 228 valence electrons. The summed E-state index contributed by atoms with van der Waals surface area (Å²) in [5, 5.41) is 15.2. The van der Waals surface area contributed by atoms with Gasteiger partial charge < -0.3 is 34.1 Å². The third kappa shape index (κ3) is 5.08. The first-order valence-corrected chi connectivity index (χ1v) is 15.1. The van der Waals surface area contributed by atoms with Crippen molar-refractivity contribution in [2.24, 2.45) is 0 Å². The minimum Gasteiger partial charge on any atom is -0.502 e. The highest BCUT2D eigenvalue weighted by Crippen LogP contribution is 2.50. The molecule has 0 aromatic heterocycles. The second-order valence-corrected chi connectivity index (χ2v) is 11.8. The Morgan fingerprint density at radius 1 is 0.773 bits per heavy atom. The lowest BCUT2D eigenvalue weighted by Gasteiger charge is -2.36. The van der Waals surface area contributed by atoms with Gasteiger partial charge in [-0.1, -0.05) is 18.2 Å². The fraction of sp³-hybridized carbons (Fsp3) is 0.333. The van der Waals surface area contributed by atoms with Gasteiger partial charge >= 0.3 is 0 Å². The Hall–Kier alpha value is -4.40. The Balaban J connectivity index is 1.43. The molecule has 0 radical (unpaired) electrons. The molecule has 2 atom stereocenters. The standard InChI is InChI=1S/C36H38N2O6/c1-38-14-12-25-27-20-34(42-4)35(39)36(25)44-33-19-26-23(18-31(33)41-3)11-13-37-28(26)15-21-5-8-24(9-6-21)43-32-17-22(16-29(27)38)7-10-30(32)40-2/h5-10,17-20,28-29,37,39H,11-16H2,1-4H3. The van der Waals surface area contributed by atoms with Crippen molar-refractivity contribution in [1.29, 1.82) is 0 Å². The Morgan fingerprint density at radius 3 is 2.30 bits per heavy atom. The van der Waals surface area contributed by atoms with Gasteiger partial charge in [0.25, 0.3) is 0 Å². The van der Waals surface area contributed by atoms with E-state index in [4.69, 9.17) is 23.7 Å². The highest BCUT2D eigenvalue weighted by atomic mass is 16.5. The van der Waals surface area contributed by atoms with Crippen LogP contribution in [0.5, 0.6) is 46.0 Å². The van der Waals surface area contributed by atoms with Gasteiger partial charge in [-0.3, -0.25) is 4.90 Å². The van der Waals surface area contributed by atoms with Crippen LogP contribution >= 0.6 is 0 Å². The molecule has 0 aliphatic carbocycles. The van der Waals surface area contributed by atoms with Gasteiger partial charge in [0.2, 0.25) is 5.75 Å². The van der Waals surface area contributed by atoms with Crippen LogP contribution in [0.3, 0.4) is 0 Å². The van der Waals surface area contributed by atoms with E-state index in [1.54, 1.807) is 21.3 Å². The van der Waals surface area contributed by atoms with Crippen molar-refractivity contribution in [3.8, 4) is 46.0 Å². The number of nitrogens with one attached hydrogen (secondary N) is 1. The third-order valence-corrected chi connectivity index (χ3v) is 9.23. The minimum atomic E-state index is -0.00474. The smallest absolute Gasteiger partial charge is 0.201 e. The summed E-state index contributed by atoms with van der Waals surface area (Å²) in [5.74, 6) is 4.11. The molecule has 0 amide bonds. The molecule has 0 saturated heterocycles. The van der Waals surface area contributed by atoms with Crippen LogP contribution in [-0.2, 0) is 25.7 Å². The number of hydrogen-bond donors (Lipinski definition) is 2. The maximum atomic E-state index is 11.5. The summed E-state index contributed by atoms with van der Waals surface area (Å²) in [5.41, 5.74) is 6.72. The third-order valence-electron chi connectivity index (χ3n) is 9.23. The van der Waals surface area contributed by atoms with Crippen LogP contribution in [0.1, 0.15) is 45.5 Å². The van der Waals surface area contributed by atoms with Crippen molar-refractivity contribution in [2.75, 3.05) is 41.5 Å². The number of hydrogen-bond acceptors (Lipinski definition) is 8. The van der Waals surface area contributed by atoms with E-state index in [0.717, 1.165) is 54.8 Å². The summed E-state index contributed by atoms with van der Waals surface area (Å²) in [4.78, 5) is 2.34. The van der Waals surface area contributed by atoms with E-state index < -0.39 is 0 Å². The lowest BCUT2D eigenvalue weighted by molar-refractivity contribution is 0.225. The number of ether oxygens (including phenoxy) is 5. The fourth-order valence-electron chi connectivity index (χ4n) is 6.84. The number of phenols is 1. The quantitative estimate of drug-likeness (QED) is 0.278. The monoisotopic (exact) mass is 594 g/mol. The predicted octanol–water partition coefficient (Wildman–Crippen LogP) is 6.52. The molecule has 4 aliphatic heterocycles. The molecule has 10 bridgehead atoms. The zero-order chi connectivity index (χ0) is 30.4. The average molecular weight is 595 g/mol. The van der Waals surface area contributed by atoms with Crippen LogP contribution < -0.4 is 29.0 Å². The van der Waals surface area contributed by atoms with Gasteiger partial charge in [0.1, 0.15) is 5.75 Å². The number of phenolic OH excluding ortho intramolecular Hbond substituents is 1. The van der Waals surface area contributed by atoms with Crippen LogP contribution in [0.15, 0.2) is 60.7 Å². The maximum absolute atomic E-state index is 11.5. The molecule has 8 nitrogen and oxygen atoms in total. The van der Waals surface area contributed by atoms with Crippen LogP contribution in [0.2, 0.25) is 0 Å². The van der Waals surface area contributed by atoms with E-state index in [1.807, 2.05) is 24.3 Å². The first-order valence-electron chi connectivity index (χ1n) is 15.1. The lowest BCUT2D eigenvalue weighted by Crippen LogP contribution is -2.33. The molecule has 8 heteroatoms. The number of methoxy groups -OCH3 is 3. The van der Waals surface area contributed by atoms with E-state index >= 15 is 0 Å². The Kier molecular flexibility index (Phi) is 7.48. The SMILES string of the molecule is COc1ccc2cc1Oc1ccc(cc1)CC1NCCc3cc(OC)c(cc31)Oc1c(O)c(OC)cc3c1CCN(C)C3C2. The largest absolute Gasteiger partial charge is 0.502 e. The van der Waals surface area contributed by atoms with Crippen molar-refractivity contribution >= 4 is 0 Å². The molecule has 4 aromatic carbocycles. The molecule has 2 unspecified atom stereocenters. The molecule has 4 heterocycles. The molecule has 0 saturated carbocycles. The number of fused-ring (bicyclic) bond motifs is 2. The maximum Gasteiger partial charge on any atom is 0.201 e. The van der Waals surface area contributed by atoms with E-state index in [1.165, 1.54) is 16.7 Å². The van der Waals surface area contributed by atoms with E-state index in [2.05, 4.69) is 53.7 Å². The molecule has 0 fully saturated rings. The summed E-state index contributed by atoms with van der Waals surface area (Å²) in [6.45, 7) is 1.68. The predicted molar refractivity (Wildman–Crippen MR) is 168 cm³/mol. The number of aromatic hydroxyl groups is 1. The summed E-state index contributed by atoms with van der Waals surface area (Å²) in [6.07, 6.45) is 3.12. The summed E-state index contributed by atoms with van der Waals surface area (Å²) >= 11 is 0. The lowest BCUT2D eigenvalue weighted by atomic mass is 9.87. The van der Waals surface area contributed by atoms with Crippen molar-refractivity contribution in [2.45, 2.75) is 37.8 Å². The van der Waals surface area contributed by atoms with Gasteiger partial charge in [-0.15, -0.1) is 0 Å². The highest BCUT2D eigenvalue weighted by Gasteiger charge is 2.32. The Labute approximate surface area is 258 Å². The second kappa shape index (κ2) is 11.6. The number of likely N-dealkylation sites (N-methyl/N-ethyl adjacent to an activating group) is 1. The van der Waals surface area contributed by atoms with Crippen LogP contribution in [0, 0.1) is 0 Å². The van der Waals surface area contributed by atoms with Gasteiger partial charge in [0, 0.05) is 24.2 Å². The van der Waals surface area contributed by atoms with Crippen LogP contribution in [0.25, 0.3) is 0 Å².